The van der Waals surface area contributed by atoms with E-state index in [-0.39, 0.29) is 11.3 Å². The number of aliphatic carboxylic acids is 1. The lowest BCUT2D eigenvalue weighted by Crippen LogP contribution is -2.26. The Bertz CT molecular complexity index is 1500. The van der Waals surface area contributed by atoms with Crippen LogP contribution in [-0.2, 0) is 27.3 Å². The Labute approximate surface area is 232 Å². The highest BCUT2D eigenvalue weighted by Crippen LogP contribution is 2.25. The Hall–Kier alpha value is -3.47. The number of aromatic nitrogens is 1. The second-order valence-electron chi connectivity index (χ2n) is 8.28. The molecule has 4 rings (SSSR count). The average molecular weight is 600 g/mol. The molecular weight excluding hydrogens is 572 g/mol. The van der Waals surface area contributed by atoms with E-state index in [0.717, 1.165) is 31.4 Å². The highest BCUT2D eigenvalue weighted by atomic mass is 79.9. The van der Waals surface area contributed by atoms with E-state index in [0.29, 0.717) is 31.2 Å². The molecule has 0 bridgehead atoms. The molecule has 1 atom stereocenters. The van der Waals surface area contributed by atoms with Crippen LogP contribution < -0.4 is 9.61 Å². The Morgan fingerprint density at radius 3 is 2.58 bits per heavy atom. The summed E-state index contributed by atoms with van der Waals surface area (Å²) in [6.07, 6.45) is -0.600. The number of rotatable bonds is 12. The van der Waals surface area contributed by atoms with Gasteiger partial charge in [0.2, 0.25) is 0 Å². The lowest BCUT2D eigenvalue weighted by molar-refractivity contribution is -0.149. The van der Waals surface area contributed by atoms with Crippen LogP contribution in [0.3, 0.4) is 0 Å². The number of oxime groups is 1. The van der Waals surface area contributed by atoms with E-state index < -0.39 is 12.1 Å². The summed E-state index contributed by atoms with van der Waals surface area (Å²) in [7, 11) is 1.51. The van der Waals surface area contributed by atoms with Crippen LogP contribution in [-0.4, -0.2) is 47.8 Å². The third kappa shape index (κ3) is 6.50. The van der Waals surface area contributed by atoms with E-state index in [4.69, 9.17) is 14.3 Å². The number of ether oxygens (including phenoxy) is 2. The first kappa shape index (κ1) is 27.6. The molecule has 0 radical (unpaired) electrons. The number of carboxylic acid groups (broad SMARTS) is 1. The number of nitrogens with zero attached hydrogens (tertiary/aromatic N) is 2. The number of thiazole rings is 1. The van der Waals surface area contributed by atoms with E-state index in [9.17, 15) is 14.7 Å². The zero-order chi connectivity index (χ0) is 27.1. The first-order valence-electron chi connectivity index (χ1n) is 12.0. The summed E-state index contributed by atoms with van der Waals surface area (Å²) >= 11 is 4.74. The molecule has 3 aromatic carbocycles. The fourth-order valence-electron chi connectivity index (χ4n) is 4.04. The highest BCUT2D eigenvalue weighted by Gasteiger charge is 2.18. The molecule has 0 aliphatic rings. The molecule has 1 heterocycles. The molecule has 0 fully saturated rings. The van der Waals surface area contributed by atoms with Crippen LogP contribution in [0.25, 0.3) is 10.2 Å². The zero-order valence-corrected chi connectivity index (χ0v) is 23.3. The lowest BCUT2D eigenvalue weighted by Gasteiger charge is -2.13. The number of fused-ring (bicyclic) bond motifs is 1. The van der Waals surface area contributed by atoms with Crippen LogP contribution >= 0.6 is 27.3 Å². The monoisotopic (exact) mass is 598 g/mol. The van der Waals surface area contributed by atoms with E-state index in [1.54, 1.807) is 23.6 Å². The molecule has 0 aliphatic heterocycles. The fourth-order valence-corrected chi connectivity index (χ4v) is 5.47. The minimum absolute atomic E-state index is 0.0714. The molecule has 1 unspecified atom stereocenters. The van der Waals surface area contributed by atoms with Crippen molar-refractivity contribution < 1.29 is 24.2 Å². The van der Waals surface area contributed by atoms with Gasteiger partial charge in [0, 0.05) is 28.6 Å². The molecule has 198 valence electrons. The second-order valence-corrected chi connectivity index (χ2v) is 10.1. The van der Waals surface area contributed by atoms with Gasteiger partial charge in [-0.2, -0.15) is 0 Å². The van der Waals surface area contributed by atoms with E-state index in [1.165, 1.54) is 18.4 Å². The van der Waals surface area contributed by atoms with Crippen molar-refractivity contribution in [2.24, 2.45) is 5.16 Å². The molecule has 1 N–H and O–H groups in total. The first-order chi connectivity index (χ1) is 18.4. The van der Waals surface area contributed by atoms with Crippen molar-refractivity contribution in [3.8, 4) is 5.75 Å². The number of hydrogen-bond acceptors (Lipinski definition) is 7. The van der Waals surface area contributed by atoms with Gasteiger partial charge in [-0.3, -0.25) is 9.36 Å². The Balaban J connectivity index is 1.45. The predicted molar refractivity (Wildman–Crippen MR) is 152 cm³/mol. The molecule has 4 aromatic rings. The normalized spacial score (nSPS) is 12.4. The zero-order valence-electron chi connectivity index (χ0n) is 20.9. The summed E-state index contributed by atoms with van der Waals surface area (Å²) in [6.45, 7) is 2.79. The summed E-state index contributed by atoms with van der Waals surface area (Å²) in [5.74, 6) is -0.344. The Kier molecular flexibility index (Phi) is 9.33. The van der Waals surface area contributed by atoms with Crippen molar-refractivity contribution in [3.05, 3.63) is 97.6 Å². The van der Waals surface area contributed by atoms with Gasteiger partial charge in [0.25, 0.3) is 0 Å². The van der Waals surface area contributed by atoms with Crippen LogP contribution in [0.2, 0.25) is 0 Å². The van der Waals surface area contributed by atoms with E-state index in [1.807, 2.05) is 54.6 Å². The van der Waals surface area contributed by atoms with Crippen molar-refractivity contribution >= 4 is 49.2 Å². The van der Waals surface area contributed by atoms with Gasteiger partial charge in [0.1, 0.15) is 25.2 Å². The van der Waals surface area contributed by atoms with Crippen LogP contribution in [0.5, 0.6) is 5.75 Å². The molecule has 0 saturated carbocycles. The van der Waals surface area contributed by atoms with E-state index in [2.05, 4.69) is 21.1 Å². The maximum atomic E-state index is 12.8. The number of carboxylic acids is 1. The van der Waals surface area contributed by atoms with Gasteiger partial charge in [-0.15, -0.1) is 0 Å². The Morgan fingerprint density at radius 1 is 1.13 bits per heavy atom. The van der Waals surface area contributed by atoms with Gasteiger partial charge in [-0.25, -0.2) is 4.79 Å². The lowest BCUT2D eigenvalue weighted by atomic mass is 10.0. The van der Waals surface area contributed by atoms with E-state index >= 15 is 0 Å². The van der Waals surface area contributed by atoms with Gasteiger partial charge in [-0.05, 0) is 42.8 Å². The molecule has 0 spiro atoms. The molecule has 1 aromatic heterocycles. The molecule has 8 nitrogen and oxygen atoms in total. The van der Waals surface area contributed by atoms with Crippen LogP contribution in [0, 0.1) is 0 Å². The fraction of sp³-hybridized carbons (Fsp3) is 0.250. The summed E-state index contributed by atoms with van der Waals surface area (Å²) in [4.78, 5) is 29.1. The average Bonchev–Trinajstić information content (AvgIpc) is 3.22. The summed E-state index contributed by atoms with van der Waals surface area (Å²) < 4.78 is 14.6. The first-order valence-corrected chi connectivity index (χ1v) is 13.6. The topological polar surface area (TPSA) is 99.4 Å². The van der Waals surface area contributed by atoms with Crippen molar-refractivity contribution in [1.29, 1.82) is 0 Å². The van der Waals surface area contributed by atoms with Crippen LogP contribution in [0.4, 0.5) is 0 Å². The smallest absolute Gasteiger partial charge is 0.333 e. The highest BCUT2D eigenvalue weighted by molar-refractivity contribution is 9.10. The SMILES string of the molecule is CCOC(Cc1ccc(OCCn2c(=O)sc3cc(C(=NOC)c4ccccc4Br)ccc32)cc1)C(=O)O. The quantitative estimate of drug-likeness (QED) is 0.175. The molecule has 10 heteroatoms. The number of halogens is 1. The van der Waals surface area contributed by atoms with Gasteiger partial charge in [-0.1, -0.05) is 68.8 Å². The van der Waals surface area contributed by atoms with Crippen molar-refractivity contribution in [3.63, 3.8) is 0 Å². The predicted octanol–water partition coefficient (Wildman–Crippen LogP) is 5.34. The van der Waals surface area contributed by atoms with Crippen LogP contribution in [0.1, 0.15) is 23.6 Å². The standard InChI is InChI=1S/C28H27BrN2O6S/c1-3-36-24(27(32)33)16-18-8-11-20(12-9-18)37-15-14-31-23-13-10-19(17-25(23)38-28(31)34)26(30-35-2)21-6-4-5-7-22(21)29/h4-13,17,24H,3,14-16H2,1-2H3,(H,32,33). The van der Waals surface area contributed by atoms with Crippen molar-refractivity contribution in [1.82, 2.24) is 4.57 Å². The largest absolute Gasteiger partial charge is 0.492 e. The molecule has 38 heavy (non-hydrogen) atoms. The van der Waals surface area contributed by atoms with Crippen molar-refractivity contribution in [2.45, 2.75) is 26.0 Å². The molecule has 0 aliphatic carbocycles. The summed E-state index contributed by atoms with van der Waals surface area (Å²) in [5, 5.41) is 13.5. The minimum Gasteiger partial charge on any atom is -0.492 e. The number of carbonyl (C=O) groups is 1. The summed E-state index contributed by atoms with van der Waals surface area (Å²) in [6, 6.07) is 20.8. The maximum absolute atomic E-state index is 12.8. The van der Waals surface area contributed by atoms with Gasteiger partial charge in [0.15, 0.2) is 6.10 Å². The molecular formula is C28H27BrN2O6S. The Morgan fingerprint density at radius 2 is 1.89 bits per heavy atom. The van der Waals surface area contributed by atoms with Crippen molar-refractivity contribution in [2.75, 3.05) is 20.3 Å². The molecule has 0 amide bonds. The third-order valence-corrected chi connectivity index (χ3v) is 7.46. The van der Waals surface area contributed by atoms with Crippen LogP contribution in [0.15, 0.2) is 81.2 Å². The minimum atomic E-state index is -0.983. The third-order valence-electron chi connectivity index (χ3n) is 5.82. The van der Waals surface area contributed by atoms with Gasteiger partial charge in [0.05, 0.1) is 16.8 Å². The maximum Gasteiger partial charge on any atom is 0.333 e. The van der Waals surface area contributed by atoms with Gasteiger partial charge >= 0.3 is 10.8 Å². The molecule has 0 saturated heterocycles. The number of hydrogen-bond donors (Lipinski definition) is 1. The second kappa shape index (κ2) is 12.9. The van der Waals surface area contributed by atoms with Gasteiger partial charge < -0.3 is 19.4 Å². The summed E-state index contributed by atoms with van der Waals surface area (Å²) in [5.41, 5.74) is 4.05. The number of benzene rings is 3.